The summed E-state index contributed by atoms with van der Waals surface area (Å²) in [5, 5.41) is 14.1. The van der Waals surface area contributed by atoms with Crippen molar-refractivity contribution in [1.29, 1.82) is 0 Å². The van der Waals surface area contributed by atoms with Crippen molar-refractivity contribution in [2.75, 3.05) is 24.2 Å². The Morgan fingerprint density at radius 2 is 2.26 bits per heavy atom. The van der Waals surface area contributed by atoms with E-state index in [1.54, 1.807) is 17.1 Å². The predicted molar refractivity (Wildman–Crippen MR) is 77.1 cm³/mol. The summed E-state index contributed by atoms with van der Waals surface area (Å²) in [4.78, 5) is 2.03. The summed E-state index contributed by atoms with van der Waals surface area (Å²) in [6.07, 6.45) is 2.80. The van der Waals surface area contributed by atoms with E-state index in [2.05, 4.69) is 24.2 Å². The van der Waals surface area contributed by atoms with Crippen LogP contribution < -0.4 is 10.6 Å². The Kier molecular flexibility index (Phi) is 4.06. The van der Waals surface area contributed by atoms with E-state index >= 15 is 0 Å². The van der Waals surface area contributed by atoms with Crippen LogP contribution in [0.4, 0.5) is 11.4 Å². The van der Waals surface area contributed by atoms with Gasteiger partial charge in [-0.2, -0.15) is 5.10 Å². The fourth-order valence-electron chi connectivity index (χ4n) is 2.04. The van der Waals surface area contributed by atoms with Crippen molar-refractivity contribution in [2.24, 2.45) is 0 Å². The number of aliphatic hydroxyl groups is 1. The number of rotatable bonds is 5. The van der Waals surface area contributed by atoms with Gasteiger partial charge in [-0.15, -0.1) is 0 Å². The molecule has 0 radical (unpaired) electrons. The molecule has 0 saturated heterocycles. The van der Waals surface area contributed by atoms with Gasteiger partial charge in [-0.05, 0) is 24.6 Å². The highest BCUT2D eigenvalue weighted by Crippen LogP contribution is 2.14. The van der Waals surface area contributed by atoms with Crippen LogP contribution in [0.15, 0.2) is 36.7 Å². The molecule has 102 valence electrons. The Bertz CT molecular complexity index is 538. The quantitative estimate of drug-likeness (QED) is 0.849. The summed E-state index contributed by atoms with van der Waals surface area (Å²) >= 11 is 0. The fourth-order valence-corrected chi connectivity index (χ4v) is 2.04. The number of anilines is 2. The molecule has 2 aromatic rings. The summed E-state index contributed by atoms with van der Waals surface area (Å²) in [5.74, 6) is 0. The molecule has 0 aliphatic carbocycles. The normalized spacial score (nSPS) is 12.4. The first kappa shape index (κ1) is 13.4. The molecule has 19 heavy (non-hydrogen) atoms. The van der Waals surface area contributed by atoms with Crippen molar-refractivity contribution in [3.8, 4) is 0 Å². The molecular formula is C14H20N4O. The maximum Gasteiger partial charge on any atom is 0.0910 e. The number of aryl methyl sites for hydroxylation is 1. The molecule has 5 heteroatoms. The number of likely N-dealkylation sites (N-methyl/N-ethyl adjacent to an activating group) is 1. The monoisotopic (exact) mass is 260 g/mol. The third-order valence-electron chi connectivity index (χ3n) is 2.98. The van der Waals surface area contributed by atoms with E-state index in [1.807, 2.05) is 24.1 Å². The number of hydrogen-bond donors (Lipinski definition) is 2. The second-order valence-electron chi connectivity index (χ2n) is 4.87. The van der Waals surface area contributed by atoms with E-state index in [0.29, 0.717) is 18.8 Å². The number of benzene rings is 1. The Morgan fingerprint density at radius 3 is 2.89 bits per heavy atom. The summed E-state index contributed by atoms with van der Waals surface area (Å²) in [7, 11) is 1.97. The van der Waals surface area contributed by atoms with Crippen molar-refractivity contribution in [3.05, 3.63) is 42.2 Å². The highest BCUT2D eigenvalue weighted by molar-refractivity contribution is 5.47. The van der Waals surface area contributed by atoms with Crippen molar-refractivity contribution in [1.82, 2.24) is 9.78 Å². The van der Waals surface area contributed by atoms with E-state index < -0.39 is 6.10 Å². The Hall–Kier alpha value is -2.01. The van der Waals surface area contributed by atoms with Gasteiger partial charge in [-0.25, -0.2) is 0 Å². The number of aliphatic hydroxyl groups excluding tert-OH is 1. The molecule has 0 spiro atoms. The second kappa shape index (κ2) is 5.75. The van der Waals surface area contributed by atoms with Crippen LogP contribution in [0.2, 0.25) is 0 Å². The van der Waals surface area contributed by atoms with E-state index in [0.717, 1.165) is 5.69 Å². The summed E-state index contributed by atoms with van der Waals surface area (Å²) in [5.41, 5.74) is 8.50. The van der Waals surface area contributed by atoms with Crippen LogP contribution in [0.25, 0.3) is 0 Å². The average Bonchev–Trinajstić information content (AvgIpc) is 2.74. The van der Waals surface area contributed by atoms with E-state index in [9.17, 15) is 5.11 Å². The molecule has 1 heterocycles. The largest absolute Gasteiger partial charge is 0.396 e. The first-order chi connectivity index (χ1) is 9.04. The minimum Gasteiger partial charge on any atom is -0.396 e. The molecule has 1 aromatic carbocycles. The second-order valence-corrected chi connectivity index (χ2v) is 4.87. The molecule has 0 aliphatic heterocycles. The van der Waals surface area contributed by atoms with Crippen LogP contribution in [0.1, 0.15) is 5.56 Å². The third kappa shape index (κ3) is 3.72. The van der Waals surface area contributed by atoms with Crippen molar-refractivity contribution < 1.29 is 5.11 Å². The first-order valence-electron chi connectivity index (χ1n) is 6.28. The standard InChI is InChI=1S/C14H20N4O/c1-11-4-3-5-13(6-11)17(2)9-14(19)10-18-8-12(15)7-16-18/h3-8,14,19H,9-10,15H2,1-2H3. The fraction of sp³-hybridized carbons (Fsp3) is 0.357. The minimum absolute atomic E-state index is 0.438. The number of nitrogens with zero attached hydrogens (tertiary/aromatic N) is 3. The lowest BCUT2D eigenvalue weighted by Crippen LogP contribution is -2.32. The van der Waals surface area contributed by atoms with Gasteiger partial charge in [0.25, 0.3) is 0 Å². The van der Waals surface area contributed by atoms with Gasteiger partial charge >= 0.3 is 0 Å². The van der Waals surface area contributed by atoms with Gasteiger partial charge < -0.3 is 15.7 Å². The summed E-state index contributed by atoms with van der Waals surface area (Å²) < 4.78 is 1.66. The molecule has 1 atom stereocenters. The third-order valence-corrected chi connectivity index (χ3v) is 2.98. The Labute approximate surface area is 113 Å². The first-order valence-corrected chi connectivity index (χ1v) is 6.28. The Balaban J connectivity index is 1.93. The molecule has 2 rings (SSSR count). The summed E-state index contributed by atoms with van der Waals surface area (Å²) in [6, 6.07) is 8.20. The SMILES string of the molecule is Cc1cccc(N(C)CC(O)Cn2cc(N)cn2)c1. The molecule has 1 aromatic heterocycles. The van der Waals surface area contributed by atoms with E-state index in [-0.39, 0.29) is 0 Å². The highest BCUT2D eigenvalue weighted by Gasteiger charge is 2.10. The van der Waals surface area contributed by atoms with Crippen LogP contribution in [0.5, 0.6) is 0 Å². The molecule has 0 bridgehead atoms. The van der Waals surface area contributed by atoms with Gasteiger partial charge in [0.2, 0.25) is 0 Å². The number of nitrogens with two attached hydrogens (primary N) is 1. The zero-order chi connectivity index (χ0) is 13.8. The molecule has 0 aliphatic rings. The lowest BCUT2D eigenvalue weighted by molar-refractivity contribution is 0.156. The topological polar surface area (TPSA) is 67.3 Å². The van der Waals surface area contributed by atoms with Crippen molar-refractivity contribution in [3.63, 3.8) is 0 Å². The number of nitrogen functional groups attached to an aromatic ring is 1. The molecule has 0 fully saturated rings. The predicted octanol–water partition coefficient (Wildman–Crippen LogP) is 1.27. The zero-order valence-electron chi connectivity index (χ0n) is 11.3. The van der Waals surface area contributed by atoms with Crippen LogP contribution >= 0.6 is 0 Å². The van der Waals surface area contributed by atoms with Crippen LogP contribution in [0, 0.1) is 6.92 Å². The zero-order valence-corrected chi connectivity index (χ0v) is 11.3. The van der Waals surface area contributed by atoms with Gasteiger partial charge in [0, 0.05) is 25.5 Å². The average molecular weight is 260 g/mol. The molecule has 1 unspecified atom stereocenters. The van der Waals surface area contributed by atoms with Crippen LogP contribution in [-0.2, 0) is 6.54 Å². The molecule has 0 amide bonds. The van der Waals surface area contributed by atoms with Crippen LogP contribution in [0.3, 0.4) is 0 Å². The van der Waals surface area contributed by atoms with Crippen LogP contribution in [-0.4, -0.2) is 34.6 Å². The number of hydrogen-bond acceptors (Lipinski definition) is 4. The van der Waals surface area contributed by atoms with E-state index in [1.165, 1.54) is 5.56 Å². The highest BCUT2D eigenvalue weighted by atomic mass is 16.3. The molecule has 3 N–H and O–H groups in total. The minimum atomic E-state index is -0.496. The van der Waals surface area contributed by atoms with Crippen molar-refractivity contribution >= 4 is 11.4 Å². The summed E-state index contributed by atoms with van der Waals surface area (Å²) in [6.45, 7) is 3.04. The van der Waals surface area contributed by atoms with Gasteiger partial charge in [0.15, 0.2) is 0 Å². The molecule has 0 saturated carbocycles. The number of aromatic nitrogens is 2. The van der Waals surface area contributed by atoms with Gasteiger partial charge in [-0.1, -0.05) is 12.1 Å². The molecular weight excluding hydrogens is 240 g/mol. The smallest absolute Gasteiger partial charge is 0.0910 e. The van der Waals surface area contributed by atoms with E-state index in [4.69, 9.17) is 5.73 Å². The maximum absolute atomic E-state index is 10.1. The Morgan fingerprint density at radius 1 is 1.47 bits per heavy atom. The van der Waals surface area contributed by atoms with Gasteiger partial charge in [-0.3, -0.25) is 4.68 Å². The van der Waals surface area contributed by atoms with Gasteiger partial charge in [0.05, 0.1) is 24.5 Å². The maximum atomic E-state index is 10.1. The van der Waals surface area contributed by atoms with Crippen molar-refractivity contribution in [2.45, 2.75) is 19.6 Å². The lowest BCUT2D eigenvalue weighted by atomic mass is 10.2. The molecule has 5 nitrogen and oxygen atoms in total. The van der Waals surface area contributed by atoms with Gasteiger partial charge in [0.1, 0.15) is 0 Å². The lowest BCUT2D eigenvalue weighted by Gasteiger charge is -2.23.